The van der Waals surface area contributed by atoms with E-state index >= 15 is 0 Å². The Morgan fingerprint density at radius 1 is 0.900 bits per heavy atom. The van der Waals surface area contributed by atoms with E-state index in [4.69, 9.17) is 4.74 Å². The lowest BCUT2D eigenvalue weighted by molar-refractivity contribution is -0.116. The third kappa shape index (κ3) is 8.77. The van der Waals surface area contributed by atoms with Crippen LogP contribution < -0.4 is 16.0 Å². The van der Waals surface area contributed by atoms with Gasteiger partial charge in [-0.15, -0.1) is 0 Å². The number of hydrogen-bond acceptors (Lipinski definition) is 4. The standard InChI is InChI=1S/C23H29N3O4/c1-16-8-10-17(11-9-16)12-13-20(27)25-18-6-5-7-19(14-18)26-21(28)15-24-22(29)30-23(2,3)4/h5-11,14H,12-13,15H2,1-4H3,(H,24,29)(H,25,27)(H,26,28). The summed E-state index contributed by atoms with van der Waals surface area (Å²) in [5.41, 5.74) is 2.76. The maximum atomic E-state index is 12.2. The summed E-state index contributed by atoms with van der Waals surface area (Å²) in [5.74, 6) is -0.505. The average Bonchev–Trinajstić information content (AvgIpc) is 2.65. The van der Waals surface area contributed by atoms with E-state index in [9.17, 15) is 14.4 Å². The summed E-state index contributed by atoms with van der Waals surface area (Å²) in [6.45, 7) is 7.03. The van der Waals surface area contributed by atoms with Crippen molar-refractivity contribution in [2.45, 2.75) is 46.1 Å². The van der Waals surface area contributed by atoms with Crippen molar-refractivity contribution >= 4 is 29.3 Å². The molecule has 30 heavy (non-hydrogen) atoms. The molecule has 7 heteroatoms. The Bertz CT molecular complexity index is 886. The first-order valence-electron chi connectivity index (χ1n) is 9.83. The zero-order chi connectivity index (χ0) is 22.1. The van der Waals surface area contributed by atoms with E-state index in [1.165, 1.54) is 5.56 Å². The van der Waals surface area contributed by atoms with Gasteiger partial charge in [-0.25, -0.2) is 4.79 Å². The maximum Gasteiger partial charge on any atom is 0.408 e. The highest BCUT2D eigenvalue weighted by atomic mass is 16.6. The topological polar surface area (TPSA) is 96.5 Å². The van der Waals surface area contributed by atoms with Crippen LogP contribution in [-0.4, -0.2) is 30.1 Å². The predicted octanol–water partition coefficient (Wildman–Crippen LogP) is 4.03. The second-order valence-electron chi connectivity index (χ2n) is 8.02. The largest absolute Gasteiger partial charge is 0.444 e. The van der Waals surface area contributed by atoms with Crippen molar-refractivity contribution in [3.8, 4) is 0 Å². The molecule has 2 aromatic rings. The summed E-state index contributed by atoms with van der Waals surface area (Å²) in [4.78, 5) is 35.9. The fourth-order valence-electron chi connectivity index (χ4n) is 2.58. The Morgan fingerprint density at radius 3 is 2.10 bits per heavy atom. The van der Waals surface area contributed by atoms with Crippen LogP contribution in [0.5, 0.6) is 0 Å². The fourth-order valence-corrected chi connectivity index (χ4v) is 2.58. The van der Waals surface area contributed by atoms with Crippen LogP contribution in [0.15, 0.2) is 48.5 Å². The second-order valence-corrected chi connectivity index (χ2v) is 8.02. The molecule has 3 amide bonds. The molecule has 2 rings (SSSR count). The summed E-state index contributed by atoms with van der Waals surface area (Å²) < 4.78 is 5.08. The van der Waals surface area contributed by atoms with Crippen molar-refractivity contribution < 1.29 is 19.1 Å². The molecule has 0 atom stereocenters. The number of hydrogen-bond donors (Lipinski definition) is 3. The maximum absolute atomic E-state index is 12.2. The van der Waals surface area contributed by atoms with Crippen molar-refractivity contribution in [1.29, 1.82) is 0 Å². The monoisotopic (exact) mass is 411 g/mol. The van der Waals surface area contributed by atoms with Crippen LogP contribution in [0.1, 0.15) is 38.3 Å². The highest BCUT2D eigenvalue weighted by molar-refractivity contribution is 5.95. The van der Waals surface area contributed by atoms with Crippen LogP contribution in [-0.2, 0) is 20.7 Å². The van der Waals surface area contributed by atoms with Gasteiger partial charge in [-0.05, 0) is 57.9 Å². The molecule has 3 N–H and O–H groups in total. The van der Waals surface area contributed by atoms with E-state index in [1.807, 2.05) is 31.2 Å². The zero-order valence-corrected chi connectivity index (χ0v) is 17.9. The van der Waals surface area contributed by atoms with Gasteiger partial charge in [-0.2, -0.15) is 0 Å². The minimum atomic E-state index is -0.660. The van der Waals surface area contributed by atoms with Gasteiger partial charge < -0.3 is 20.7 Å². The molecule has 0 aromatic heterocycles. The van der Waals surface area contributed by atoms with E-state index in [0.717, 1.165) is 5.56 Å². The normalized spacial score (nSPS) is 10.8. The van der Waals surface area contributed by atoms with Gasteiger partial charge in [0.2, 0.25) is 11.8 Å². The molecule has 0 radical (unpaired) electrons. The van der Waals surface area contributed by atoms with Gasteiger partial charge in [0.15, 0.2) is 0 Å². The van der Waals surface area contributed by atoms with E-state index in [0.29, 0.717) is 24.2 Å². The van der Waals surface area contributed by atoms with Crippen LogP contribution in [0.25, 0.3) is 0 Å². The molecule has 0 fully saturated rings. The molecular weight excluding hydrogens is 382 g/mol. The summed E-state index contributed by atoms with van der Waals surface area (Å²) in [7, 11) is 0. The number of carbonyl (C=O) groups is 3. The molecule has 0 aliphatic heterocycles. The van der Waals surface area contributed by atoms with E-state index in [2.05, 4.69) is 16.0 Å². The van der Waals surface area contributed by atoms with E-state index < -0.39 is 17.6 Å². The van der Waals surface area contributed by atoms with Gasteiger partial charge >= 0.3 is 6.09 Å². The number of benzene rings is 2. The Hall–Kier alpha value is -3.35. The quantitative estimate of drug-likeness (QED) is 0.641. The average molecular weight is 412 g/mol. The van der Waals surface area contributed by atoms with E-state index in [-0.39, 0.29) is 12.5 Å². The first kappa shape index (κ1) is 22.9. The first-order chi connectivity index (χ1) is 14.1. The second kappa shape index (κ2) is 10.4. The van der Waals surface area contributed by atoms with Crippen LogP contribution >= 0.6 is 0 Å². The number of anilines is 2. The van der Waals surface area contributed by atoms with E-state index in [1.54, 1.807) is 45.0 Å². The Balaban J connectivity index is 1.80. The molecule has 0 heterocycles. The molecule has 0 aliphatic rings. The molecule has 0 saturated heterocycles. The van der Waals surface area contributed by atoms with Crippen molar-refractivity contribution in [3.05, 3.63) is 59.7 Å². The van der Waals surface area contributed by atoms with Crippen LogP contribution in [0, 0.1) is 6.92 Å². The van der Waals surface area contributed by atoms with Gasteiger partial charge in [-0.3, -0.25) is 9.59 Å². The molecule has 160 valence electrons. The van der Waals surface area contributed by atoms with Crippen LogP contribution in [0.3, 0.4) is 0 Å². The molecule has 0 bridgehead atoms. The number of nitrogens with one attached hydrogen (secondary N) is 3. The third-order valence-corrected chi connectivity index (χ3v) is 3.98. The van der Waals surface area contributed by atoms with Gasteiger partial charge in [0, 0.05) is 17.8 Å². The molecule has 2 aromatic carbocycles. The SMILES string of the molecule is Cc1ccc(CCC(=O)Nc2cccc(NC(=O)CNC(=O)OC(C)(C)C)c2)cc1. The minimum Gasteiger partial charge on any atom is -0.444 e. The summed E-state index contributed by atoms with van der Waals surface area (Å²) >= 11 is 0. The predicted molar refractivity (Wildman–Crippen MR) is 117 cm³/mol. The van der Waals surface area contributed by atoms with Crippen molar-refractivity contribution in [3.63, 3.8) is 0 Å². The molecule has 0 unspecified atom stereocenters. The third-order valence-electron chi connectivity index (χ3n) is 3.98. The van der Waals surface area contributed by atoms with Crippen molar-refractivity contribution in [2.75, 3.05) is 17.2 Å². The smallest absolute Gasteiger partial charge is 0.408 e. The zero-order valence-electron chi connectivity index (χ0n) is 17.9. The summed E-state index contributed by atoms with van der Waals surface area (Å²) in [6, 6.07) is 14.9. The Kier molecular flexibility index (Phi) is 7.98. The number of rotatable bonds is 7. The highest BCUT2D eigenvalue weighted by Gasteiger charge is 2.16. The van der Waals surface area contributed by atoms with Crippen molar-refractivity contribution in [1.82, 2.24) is 5.32 Å². The van der Waals surface area contributed by atoms with Gasteiger partial charge in [0.05, 0.1) is 0 Å². The lowest BCUT2D eigenvalue weighted by Crippen LogP contribution is -2.37. The minimum absolute atomic E-state index is 0.106. The van der Waals surface area contributed by atoms with Gasteiger partial charge in [-0.1, -0.05) is 35.9 Å². The molecule has 0 saturated carbocycles. The number of aryl methyl sites for hydroxylation is 2. The van der Waals surface area contributed by atoms with Gasteiger partial charge in [0.1, 0.15) is 12.1 Å². The Morgan fingerprint density at radius 2 is 1.50 bits per heavy atom. The lowest BCUT2D eigenvalue weighted by atomic mass is 10.1. The van der Waals surface area contributed by atoms with Crippen LogP contribution in [0.4, 0.5) is 16.2 Å². The summed E-state index contributed by atoms with van der Waals surface area (Å²) in [5, 5.41) is 7.91. The fraction of sp³-hybridized carbons (Fsp3) is 0.348. The lowest BCUT2D eigenvalue weighted by Gasteiger charge is -2.19. The van der Waals surface area contributed by atoms with Crippen LogP contribution in [0.2, 0.25) is 0 Å². The highest BCUT2D eigenvalue weighted by Crippen LogP contribution is 2.16. The number of ether oxygens (including phenoxy) is 1. The summed E-state index contributed by atoms with van der Waals surface area (Å²) in [6.07, 6.45) is 0.352. The molecular formula is C23H29N3O4. The molecule has 7 nitrogen and oxygen atoms in total. The number of carbonyl (C=O) groups excluding carboxylic acids is 3. The number of amides is 3. The first-order valence-corrected chi connectivity index (χ1v) is 9.83. The van der Waals surface area contributed by atoms with Gasteiger partial charge in [0.25, 0.3) is 0 Å². The Labute approximate surface area is 177 Å². The molecule has 0 spiro atoms. The number of alkyl carbamates (subject to hydrolysis) is 1. The molecule has 0 aliphatic carbocycles. The van der Waals surface area contributed by atoms with Crippen molar-refractivity contribution in [2.24, 2.45) is 0 Å².